The van der Waals surface area contributed by atoms with Gasteiger partial charge in [-0.1, -0.05) is 12.1 Å². The molecule has 0 bridgehead atoms. The normalized spacial score (nSPS) is 11.3. The van der Waals surface area contributed by atoms with E-state index in [9.17, 15) is 13.2 Å². The first-order chi connectivity index (χ1) is 12.3. The molecule has 1 N–H and O–H groups in total. The van der Waals surface area contributed by atoms with E-state index >= 15 is 0 Å². The number of anilines is 1. The number of hydrogen-bond acceptors (Lipinski definition) is 5. The summed E-state index contributed by atoms with van der Waals surface area (Å²) in [5.74, 6) is 2.02. The van der Waals surface area contributed by atoms with Crippen LogP contribution in [0.1, 0.15) is 16.9 Å². The molecule has 0 unspecified atom stereocenters. The molecule has 0 fully saturated rings. The van der Waals surface area contributed by atoms with Crippen molar-refractivity contribution in [1.82, 2.24) is 5.32 Å². The van der Waals surface area contributed by atoms with Crippen LogP contribution >= 0.6 is 11.8 Å². The first-order valence-corrected chi connectivity index (χ1v) is 11.2. The summed E-state index contributed by atoms with van der Waals surface area (Å²) in [6.07, 6.45) is 2.74. The summed E-state index contributed by atoms with van der Waals surface area (Å²) in [5.41, 5.74) is 2.28. The van der Waals surface area contributed by atoms with Gasteiger partial charge in [-0.2, -0.15) is 11.8 Å². The molecule has 26 heavy (non-hydrogen) atoms. The van der Waals surface area contributed by atoms with E-state index in [0.717, 1.165) is 39.0 Å². The van der Waals surface area contributed by atoms with Crippen molar-refractivity contribution in [3.05, 3.63) is 53.5 Å². The number of nitrogens with one attached hydrogen (secondary N) is 1. The fraction of sp³-hybridized carbons (Fsp3) is 0.389. The fourth-order valence-electron chi connectivity index (χ4n) is 2.39. The Morgan fingerprint density at radius 1 is 1.27 bits per heavy atom. The predicted molar refractivity (Wildman–Crippen MR) is 106 cm³/mol. The highest BCUT2D eigenvalue weighted by atomic mass is 32.2. The number of aryl methyl sites for hydroxylation is 2. The van der Waals surface area contributed by atoms with E-state index in [4.69, 9.17) is 4.42 Å². The molecule has 0 atom stereocenters. The fourth-order valence-corrected chi connectivity index (χ4v) is 4.05. The molecule has 6 nitrogen and oxygen atoms in total. The molecule has 0 spiro atoms. The highest BCUT2D eigenvalue weighted by molar-refractivity contribution is 7.98. The quantitative estimate of drug-likeness (QED) is 0.659. The van der Waals surface area contributed by atoms with Crippen LogP contribution in [0, 0.1) is 13.8 Å². The van der Waals surface area contributed by atoms with Gasteiger partial charge >= 0.3 is 0 Å². The smallest absolute Gasteiger partial charge is 0.240 e. The van der Waals surface area contributed by atoms with Crippen molar-refractivity contribution in [3.63, 3.8) is 0 Å². The van der Waals surface area contributed by atoms with E-state index in [2.05, 4.69) is 5.32 Å². The lowest BCUT2D eigenvalue weighted by Crippen LogP contribution is -2.41. The molecule has 1 amide bonds. The molecule has 0 saturated heterocycles. The minimum atomic E-state index is -3.56. The molecule has 142 valence electrons. The maximum Gasteiger partial charge on any atom is 0.240 e. The highest BCUT2D eigenvalue weighted by Crippen LogP contribution is 2.23. The van der Waals surface area contributed by atoms with Gasteiger partial charge in [0.05, 0.1) is 24.0 Å². The third kappa shape index (κ3) is 6.10. The Morgan fingerprint density at radius 3 is 2.69 bits per heavy atom. The van der Waals surface area contributed by atoms with Gasteiger partial charge in [0.25, 0.3) is 0 Å². The van der Waals surface area contributed by atoms with Crippen LogP contribution in [-0.2, 0) is 20.6 Å². The summed E-state index contributed by atoms with van der Waals surface area (Å²) in [7, 11) is -3.56. The summed E-state index contributed by atoms with van der Waals surface area (Å²) >= 11 is 1.64. The van der Waals surface area contributed by atoms with Gasteiger partial charge in [0, 0.05) is 12.3 Å². The maximum atomic E-state index is 12.2. The van der Waals surface area contributed by atoms with Gasteiger partial charge in [-0.3, -0.25) is 9.10 Å². The van der Waals surface area contributed by atoms with Crippen LogP contribution in [0.2, 0.25) is 0 Å². The number of nitrogens with zero attached hydrogens (tertiary/aromatic N) is 1. The molecular weight excluding hydrogens is 372 g/mol. The van der Waals surface area contributed by atoms with Crippen molar-refractivity contribution in [2.24, 2.45) is 0 Å². The zero-order chi connectivity index (χ0) is 19.2. The van der Waals surface area contributed by atoms with Crippen LogP contribution in [0.4, 0.5) is 5.69 Å². The van der Waals surface area contributed by atoms with Crippen LogP contribution in [0.3, 0.4) is 0 Å². The lowest BCUT2D eigenvalue weighted by Gasteiger charge is -2.24. The van der Waals surface area contributed by atoms with Crippen LogP contribution in [0.15, 0.2) is 41.0 Å². The van der Waals surface area contributed by atoms with E-state index in [1.807, 2.05) is 38.1 Å². The summed E-state index contributed by atoms with van der Waals surface area (Å²) in [6.45, 7) is 3.95. The number of hydrogen-bond donors (Lipinski definition) is 1. The van der Waals surface area contributed by atoms with Gasteiger partial charge in [-0.25, -0.2) is 8.42 Å². The SMILES string of the molecule is Cc1ccc(C)c(N(CC(=O)NCCSCc2ccco2)S(C)(=O)=O)c1. The number of carbonyl (C=O) groups is 1. The second-order valence-corrected chi connectivity index (χ2v) is 9.05. The Kier molecular flexibility index (Phi) is 7.16. The van der Waals surface area contributed by atoms with Gasteiger partial charge in [0.15, 0.2) is 0 Å². The van der Waals surface area contributed by atoms with E-state index in [1.165, 1.54) is 0 Å². The second-order valence-electron chi connectivity index (χ2n) is 6.04. The second kappa shape index (κ2) is 9.14. The third-order valence-corrected chi connectivity index (χ3v) is 5.82. The van der Waals surface area contributed by atoms with Gasteiger partial charge in [0.1, 0.15) is 12.3 Å². The van der Waals surface area contributed by atoms with Crippen LogP contribution in [0.5, 0.6) is 0 Å². The minimum absolute atomic E-state index is 0.230. The Morgan fingerprint density at radius 2 is 2.04 bits per heavy atom. The van der Waals surface area contributed by atoms with Crippen molar-refractivity contribution in [2.45, 2.75) is 19.6 Å². The van der Waals surface area contributed by atoms with Crippen LogP contribution in [0.25, 0.3) is 0 Å². The van der Waals surface area contributed by atoms with Crippen molar-refractivity contribution in [2.75, 3.05) is 29.4 Å². The van der Waals surface area contributed by atoms with E-state index in [-0.39, 0.29) is 12.5 Å². The largest absolute Gasteiger partial charge is 0.468 e. The molecule has 0 radical (unpaired) electrons. The van der Waals surface area contributed by atoms with Crippen molar-refractivity contribution >= 4 is 33.4 Å². The summed E-state index contributed by atoms with van der Waals surface area (Å²) < 4.78 is 30.7. The van der Waals surface area contributed by atoms with Crippen molar-refractivity contribution in [3.8, 4) is 0 Å². The Balaban J connectivity index is 1.89. The molecule has 8 heteroatoms. The molecule has 2 aromatic rings. The molecule has 0 aliphatic rings. The summed E-state index contributed by atoms with van der Waals surface area (Å²) in [6, 6.07) is 9.29. The number of carbonyl (C=O) groups excluding carboxylic acids is 1. The predicted octanol–water partition coefficient (Wildman–Crippen LogP) is 2.71. The molecule has 0 saturated carbocycles. The number of amides is 1. The number of sulfonamides is 1. The monoisotopic (exact) mass is 396 g/mol. The number of benzene rings is 1. The van der Waals surface area contributed by atoms with Gasteiger partial charge < -0.3 is 9.73 Å². The maximum absolute atomic E-state index is 12.2. The first-order valence-electron chi connectivity index (χ1n) is 8.19. The molecule has 2 rings (SSSR count). The molecular formula is C18H24N2O4S2. The zero-order valence-electron chi connectivity index (χ0n) is 15.2. The topological polar surface area (TPSA) is 79.6 Å². The standard InChI is InChI=1S/C18H24N2O4S2/c1-14-6-7-15(2)17(11-14)20(26(3,22)23)12-18(21)19-8-10-25-13-16-5-4-9-24-16/h4-7,9,11H,8,10,12-13H2,1-3H3,(H,19,21). The summed E-state index contributed by atoms with van der Waals surface area (Å²) in [5, 5.41) is 2.77. The van der Waals surface area contributed by atoms with Gasteiger partial charge in [0.2, 0.25) is 15.9 Å². The molecule has 0 aliphatic heterocycles. The van der Waals surface area contributed by atoms with Crippen molar-refractivity contribution < 1.29 is 17.6 Å². The first kappa shape index (κ1) is 20.4. The Bertz CT molecular complexity index is 833. The van der Waals surface area contributed by atoms with Crippen molar-refractivity contribution in [1.29, 1.82) is 0 Å². The number of furan rings is 1. The van der Waals surface area contributed by atoms with E-state index in [0.29, 0.717) is 12.2 Å². The minimum Gasteiger partial charge on any atom is -0.468 e. The molecule has 1 aromatic carbocycles. The molecule has 1 aromatic heterocycles. The molecule has 0 aliphatic carbocycles. The number of rotatable bonds is 9. The van der Waals surface area contributed by atoms with Crippen LogP contribution in [-0.4, -0.2) is 39.4 Å². The average Bonchev–Trinajstić information content (AvgIpc) is 3.07. The lowest BCUT2D eigenvalue weighted by molar-refractivity contribution is -0.119. The van der Waals surface area contributed by atoms with Gasteiger partial charge in [-0.15, -0.1) is 0 Å². The lowest BCUT2D eigenvalue weighted by atomic mass is 10.1. The highest BCUT2D eigenvalue weighted by Gasteiger charge is 2.22. The van der Waals surface area contributed by atoms with E-state index in [1.54, 1.807) is 24.1 Å². The Labute approximate surface area is 159 Å². The Hall–Kier alpha value is -1.93. The molecule has 1 heterocycles. The zero-order valence-corrected chi connectivity index (χ0v) is 16.8. The summed E-state index contributed by atoms with van der Waals surface area (Å²) in [4.78, 5) is 12.2. The third-order valence-electron chi connectivity index (χ3n) is 3.71. The number of thioether (sulfide) groups is 1. The van der Waals surface area contributed by atoms with E-state index < -0.39 is 10.0 Å². The average molecular weight is 397 g/mol. The van der Waals surface area contributed by atoms with Gasteiger partial charge in [-0.05, 0) is 43.2 Å². The van der Waals surface area contributed by atoms with Crippen LogP contribution < -0.4 is 9.62 Å².